The Morgan fingerprint density at radius 2 is 2.04 bits per heavy atom. The zero-order valence-electron chi connectivity index (χ0n) is 14.3. The Kier molecular flexibility index (Phi) is 5.75. The Balaban J connectivity index is 1.45. The van der Waals surface area contributed by atoms with Crippen LogP contribution in [0.5, 0.6) is 0 Å². The molecule has 1 aliphatic rings. The second kappa shape index (κ2) is 8.20. The van der Waals surface area contributed by atoms with Gasteiger partial charge in [-0.15, -0.1) is 0 Å². The number of carbonyl (C=O) groups is 1. The van der Waals surface area contributed by atoms with E-state index in [0.29, 0.717) is 30.4 Å². The number of aliphatic hydroxyl groups is 1. The fourth-order valence-corrected chi connectivity index (χ4v) is 3.09. The molecule has 3 rings (SSSR count). The number of nitrogens with zero attached hydrogens (tertiary/aromatic N) is 3. The first-order valence-electron chi connectivity index (χ1n) is 8.88. The van der Waals surface area contributed by atoms with Gasteiger partial charge in [-0.05, 0) is 25.0 Å². The summed E-state index contributed by atoms with van der Waals surface area (Å²) in [7, 11) is 0. The molecule has 0 aromatic carbocycles. The lowest BCUT2D eigenvalue weighted by Gasteiger charge is -2.26. The fraction of sp³-hybridized carbons (Fsp3) is 0.556. The van der Waals surface area contributed by atoms with Crippen LogP contribution in [-0.2, 0) is 11.2 Å². The minimum atomic E-state index is -0.761. The lowest BCUT2D eigenvalue weighted by atomic mass is 9.94. The van der Waals surface area contributed by atoms with Crippen molar-refractivity contribution in [2.75, 3.05) is 6.54 Å². The summed E-state index contributed by atoms with van der Waals surface area (Å²) in [5, 5.41) is 17.3. The summed E-state index contributed by atoms with van der Waals surface area (Å²) < 4.78 is 5.17. The van der Waals surface area contributed by atoms with Gasteiger partial charge in [-0.25, -0.2) is 0 Å². The van der Waals surface area contributed by atoms with Gasteiger partial charge in [0, 0.05) is 25.6 Å². The minimum absolute atomic E-state index is 0.116. The molecule has 0 spiro atoms. The first-order chi connectivity index (χ1) is 12.1. The quantitative estimate of drug-likeness (QED) is 0.780. The molecule has 25 heavy (non-hydrogen) atoms. The number of nitrogens with one attached hydrogen (secondary N) is 1. The maximum atomic E-state index is 12.0. The Morgan fingerprint density at radius 3 is 2.76 bits per heavy atom. The monoisotopic (exact) mass is 344 g/mol. The third-order valence-electron chi connectivity index (χ3n) is 4.58. The smallest absolute Gasteiger partial charge is 0.227 e. The van der Waals surface area contributed by atoms with E-state index >= 15 is 0 Å². The highest BCUT2D eigenvalue weighted by Gasteiger charge is 2.28. The molecule has 2 aromatic heterocycles. The van der Waals surface area contributed by atoms with Gasteiger partial charge in [0.1, 0.15) is 5.69 Å². The largest absolute Gasteiger partial charge is 0.388 e. The summed E-state index contributed by atoms with van der Waals surface area (Å²) in [6, 6.07) is 5.47. The van der Waals surface area contributed by atoms with Crippen molar-refractivity contribution in [3.05, 3.63) is 30.3 Å². The van der Waals surface area contributed by atoms with Crippen LogP contribution in [0.4, 0.5) is 0 Å². The van der Waals surface area contributed by atoms with Crippen LogP contribution in [0.2, 0.25) is 0 Å². The zero-order chi connectivity index (χ0) is 17.5. The Bertz CT molecular complexity index is 679. The SMILES string of the molecule is O=C(CCc1nc(-c2ccccn2)no1)NCC1(O)CCCCCC1. The van der Waals surface area contributed by atoms with Crippen LogP contribution in [0.25, 0.3) is 11.5 Å². The third-order valence-corrected chi connectivity index (χ3v) is 4.58. The van der Waals surface area contributed by atoms with Gasteiger partial charge < -0.3 is 14.9 Å². The number of pyridine rings is 1. The van der Waals surface area contributed by atoms with Crippen LogP contribution in [0, 0.1) is 0 Å². The molecule has 0 radical (unpaired) electrons. The molecule has 0 aliphatic heterocycles. The highest BCUT2D eigenvalue weighted by molar-refractivity contribution is 5.76. The number of aryl methyl sites for hydroxylation is 1. The van der Waals surface area contributed by atoms with Crippen LogP contribution < -0.4 is 5.32 Å². The van der Waals surface area contributed by atoms with E-state index in [1.165, 1.54) is 0 Å². The molecule has 1 amide bonds. The van der Waals surface area contributed by atoms with Gasteiger partial charge >= 0.3 is 0 Å². The second-order valence-electron chi connectivity index (χ2n) is 6.64. The van der Waals surface area contributed by atoms with Gasteiger partial charge in [-0.1, -0.05) is 36.9 Å². The van der Waals surface area contributed by atoms with E-state index in [9.17, 15) is 9.90 Å². The third kappa shape index (κ3) is 5.09. The van der Waals surface area contributed by atoms with Gasteiger partial charge in [0.05, 0.1) is 5.60 Å². The molecule has 0 unspecified atom stereocenters. The molecule has 0 bridgehead atoms. The summed E-state index contributed by atoms with van der Waals surface area (Å²) in [4.78, 5) is 20.5. The lowest BCUT2D eigenvalue weighted by Crippen LogP contribution is -2.42. The first-order valence-corrected chi connectivity index (χ1v) is 8.88. The van der Waals surface area contributed by atoms with Gasteiger partial charge in [0.15, 0.2) is 0 Å². The molecule has 2 aromatic rings. The summed E-state index contributed by atoms with van der Waals surface area (Å²) >= 11 is 0. The zero-order valence-corrected chi connectivity index (χ0v) is 14.3. The number of rotatable bonds is 6. The van der Waals surface area contributed by atoms with Crippen LogP contribution >= 0.6 is 0 Å². The molecule has 2 heterocycles. The molecule has 0 atom stereocenters. The first kappa shape index (κ1) is 17.5. The van der Waals surface area contributed by atoms with E-state index in [-0.39, 0.29) is 12.3 Å². The normalized spacial score (nSPS) is 17.0. The molecule has 1 saturated carbocycles. The van der Waals surface area contributed by atoms with E-state index in [1.54, 1.807) is 12.3 Å². The number of carbonyl (C=O) groups excluding carboxylic acids is 1. The summed E-state index contributed by atoms with van der Waals surface area (Å²) in [6.45, 7) is 0.314. The number of hydrogen-bond acceptors (Lipinski definition) is 6. The van der Waals surface area contributed by atoms with Gasteiger partial charge in [-0.2, -0.15) is 4.98 Å². The average molecular weight is 344 g/mol. The Labute approximate surface area is 146 Å². The predicted molar refractivity (Wildman–Crippen MR) is 91.5 cm³/mol. The number of hydrogen-bond donors (Lipinski definition) is 2. The van der Waals surface area contributed by atoms with E-state index in [2.05, 4.69) is 20.4 Å². The molecule has 2 N–H and O–H groups in total. The van der Waals surface area contributed by atoms with Crippen molar-refractivity contribution in [3.63, 3.8) is 0 Å². The molecule has 134 valence electrons. The van der Waals surface area contributed by atoms with Crippen LogP contribution in [0.3, 0.4) is 0 Å². The van der Waals surface area contributed by atoms with E-state index in [0.717, 1.165) is 38.5 Å². The maximum absolute atomic E-state index is 12.0. The van der Waals surface area contributed by atoms with Gasteiger partial charge in [0.2, 0.25) is 17.6 Å². The van der Waals surface area contributed by atoms with Crippen molar-refractivity contribution >= 4 is 5.91 Å². The molecule has 1 fully saturated rings. The molecule has 7 heteroatoms. The van der Waals surface area contributed by atoms with Crippen molar-refractivity contribution in [1.29, 1.82) is 0 Å². The maximum Gasteiger partial charge on any atom is 0.227 e. The van der Waals surface area contributed by atoms with Crippen molar-refractivity contribution in [3.8, 4) is 11.5 Å². The van der Waals surface area contributed by atoms with Crippen molar-refractivity contribution in [2.24, 2.45) is 0 Å². The summed E-state index contributed by atoms with van der Waals surface area (Å²) in [6.07, 6.45) is 8.14. The molecule has 0 saturated heterocycles. The number of amides is 1. The van der Waals surface area contributed by atoms with Crippen molar-refractivity contribution < 1.29 is 14.4 Å². The predicted octanol–water partition coefficient (Wildman–Crippen LogP) is 2.27. The Morgan fingerprint density at radius 1 is 1.24 bits per heavy atom. The molecule has 7 nitrogen and oxygen atoms in total. The van der Waals surface area contributed by atoms with E-state index in [4.69, 9.17) is 4.52 Å². The van der Waals surface area contributed by atoms with Gasteiger partial charge in [-0.3, -0.25) is 9.78 Å². The fourth-order valence-electron chi connectivity index (χ4n) is 3.09. The number of aromatic nitrogens is 3. The summed E-state index contributed by atoms with van der Waals surface area (Å²) in [5.41, 5.74) is -0.125. The van der Waals surface area contributed by atoms with Crippen LogP contribution in [0.15, 0.2) is 28.9 Å². The average Bonchev–Trinajstić information content (AvgIpc) is 3.01. The Hall–Kier alpha value is -2.28. The van der Waals surface area contributed by atoms with E-state index < -0.39 is 5.60 Å². The molecule has 1 aliphatic carbocycles. The van der Waals surface area contributed by atoms with Gasteiger partial charge in [0.25, 0.3) is 0 Å². The highest BCUT2D eigenvalue weighted by atomic mass is 16.5. The van der Waals surface area contributed by atoms with Crippen LogP contribution in [-0.4, -0.2) is 38.3 Å². The second-order valence-corrected chi connectivity index (χ2v) is 6.64. The van der Waals surface area contributed by atoms with Crippen molar-refractivity contribution in [2.45, 2.75) is 57.0 Å². The highest BCUT2D eigenvalue weighted by Crippen LogP contribution is 2.26. The van der Waals surface area contributed by atoms with Crippen LogP contribution in [0.1, 0.15) is 50.8 Å². The van der Waals surface area contributed by atoms with E-state index in [1.807, 2.05) is 12.1 Å². The molecular formula is C18H24N4O3. The summed E-state index contributed by atoms with van der Waals surface area (Å²) in [5.74, 6) is 0.711. The topological polar surface area (TPSA) is 101 Å². The molecular weight excluding hydrogens is 320 g/mol. The van der Waals surface area contributed by atoms with Crippen molar-refractivity contribution in [1.82, 2.24) is 20.4 Å². The minimum Gasteiger partial charge on any atom is -0.388 e. The lowest BCUT2D eigenvalue weighted by molar-refractivity contribution is -0.122. The standard InChI is InChI=1S/C18H24N4O3/c23-15(20-13-18(24)10-4-1-2-5-11-18)8-9-16-21-17(22-25-16)14-7-3-6-12-19-14/h3,6-7,12,24H,1-2,4-5,8-11,13H2,(H,20,23).